The molecule has 1 unspecified atom stereocenters. The fraction of sp³-hybridized carbons (Fsp3) is 0.385. The van der Waals surface area contributed by atoms with Crippen LogP contribution in [-0.4, -0.2) is 37.6 Å². The Morgan fingerprint density at radius 3 is 2.94 bits per heavy atom. The van der Waals surface area contributed by atoms with Gasteiger partial charge in [0.15, 0.2) is 0 Å². The molecule has 5 nitrogen and oxygen atoms in total. The third-order valence-corrected chi connectivity index (χ3v) is 2.59. The quantitative estimate of drug-likeness (QED) is 0.855. The molecular weight excluding hydrogens is 230 g/mol. The predicted molar refractivity (Wildman–Crippen MR) is 69.3 cm³/mol. The normalized spacial score (nSPS) is 11.7. The minimum atomic E-state index is -0.291. The molecule has 0 aliphatic carbocycles. The van der Waals surface area contributed by atoms with Crippen molar-refractivity contribution in [3.63, 3.8) is 0 Å². The van der Waals surface area contributed by atoms with Gasteiger partial charge in [-0.1, -0.05) is 6.07 Å². The first kappa shape index (κ1) is 14.0. The standard InChI is InChI=1S/C13H17N3O2/c1-10(8-14)16(2)9-13(17)15-11-5-4-6-12(7-11)18-3/h4-7,10H,9H2,1-3H3,(H,15,17). The van der Waals surface area contributed by atoms with Gasteiger partial charge in [-0.05, 0) is 26.1 Å². The second-order valence-corrected chi connectivity index (χ2v) is 4.00. The maximum Gasteiger partial charge on any atom is 0.238 e. The molecule has 96 valence electrons. The molecule has 0 aliphatic heterocycles. The van der Waals surface area contributed by atoms with Gasteiger partial charge in [-0.2, -0.15) is 5.26 Å². The Labute approximate surface area is 107 Å². The lowest BCUT2D eigenvalue weighted by atomic mass is 10.3. The molecule has 18 heavy (non-hydrogen) atoms. The van der Waals surface area contributed by atoms with Crippen LogP contribution in [-0.2, 0) is 4.79 Å². The Morgan fingerprint density at radius 2 is 2.33 bits per heavy atom. The zero-order valence-corrected chi connectivity index (χ0v) is 10.8. The lowest BCUT2D eigenvalue weighted by Gasteiger charge is -2.18. The number of amides is 1. The molecule has 0 saturated carbocycles. The summed E-state index contributed by atoms with van der Waals surface area (Å²) in [4.78, 5) is 13.4. The van der Waals surface area contributed by atoms with Crippen molar-refractivity contribution in [2.75, 3.05) is 26.0 Å². The van der Waals surface area contributed by atoms with Crippen LogP contribution in [0, 0.1) is 11.3 Å². The van der Waals surface area contributed by atoms with E-state index >= 15 is 0 Å². The zero-order valence-electron chi connectivity index (χ0n) is 10.8. The number of methoxy groups -OCH3 is 1. The number of ether oxygens (including phenoxy) is 1. The highest BCUT2D eigenvalue weighted by molar-refractivity contribution is 5.92. The van der Waals surface area contributed by atoms with Gasteiger partial charge < -0.3 is 10.1 Å². The van der Waals surface area contributed by atoms with E-state index in [2.05, 4.69) is 11.4 Å². The van der Waals surface area contributed by atoms with Gasteiger partial charge in [0, 0.05) is 11.8 Å². The first-order valence-electron chi connectivity index (χ1n) is 5.60. The smallest absolute Gasteiger partial charge is 0.238 e. The second-order valence-electron chi connectivity index (χ2n) is 4.00. The fourth-order valence-corrected chi connectivity index (χ4v) is 1.36. The highest BCUT2D eigenvalue weighted by Gasteiger charge is 2.12. The van der Waals surface area contributed by atoms with Gasteiger partial charge in [-0.15, -0.1) is 0 Å². The summed E-state index contributed by atoms with van der Waals surface area (Å²) in [6.07, 6.45) is 0. The fourth-order valence-electron chi connectivity index (χ4n) is 1.36. The van der Waals surface area contributed by atoms with Crippen molar-refractivity contribution in [3.05, 3.63) is 24.3 Å². The molecule has 1 amide bonds. The summed E-state index contributed by atoms with van der Waals surface area (Å²) in [7, 11) is 3.31. The van der Waals surface area contributed by atoms with Crippen LogP contribution in [0.4, 0.5) is 5.69 Å². The van der Waals surface area contributed by atoms with Crippen LogP contribution in [0.3, 0.4) is 0 Å². The molecular formula is C13H17N3O2. The molecule has 0 saturated heterocycles. The molecule has 1 atom stereocenters. The molecule has 0 spiro atoms. The Bertz CT molecular complexity index is 454. The van der Waals surface area contributed by atoms with Gasteiger partial charge in [-0.3, -0.25) is 9.69 Å². The Kier molecular flexibility index (Phi) is 5.15. The maximum absolute atomic E-state index is 11.7. The van der Waals surface area contributed by atoms with E-state index in [0.29, 0.717) is 11.4 Å². The highest BCUT2D eigenvalue weighted by Crippen LogP contribution is 2.16. The van der Waals surface area contributed by atoms with Gasteiger partial charge in [0.2, 0.25) is 5.91 Å². The molecule has 5 heteroatoms. The molecule has 1 N–H and O–H groups in total. The summed E-state index contributed by atoms with van der Waals surface area (Å²) in [5.74, 6) is 0.527. The van der Waals surface area contributed by atoms with Crippen molar-refractivity contribution in [1.82, 2.24) is 4.90 Å². The average molecular weight is 247 g/mol. The highest BCUT2D eigenvalue weighted by atomic mass is 16.5. The Morgan fingerprint density at radius 1 is 1.61 bits per heavy atom. The number of rotatable bonds is 5. The van der Waals surface area contributed by atoms with Crippen molar-refractivity contribution < 1.29 is 9.53 Å². The van der Waals surface area contributed by atoms with Crippen molar-refractivity contribution in [1.29, 1.82) is 5.26 Å². The molecule has 0 heterocycles. The largest absolute Gasteiger partial charge is 0.497 e. The summed E-state index contributed by atoms with van der Waals surface area (Å²) in [6, 6.07) is 8.92. The maximum atomic E-state index is 11.7. The van der Waals surface area contributed by atoms with Crippen LogP contribution in [0.15, 0.2) is 24.3 Å². The van der Waals surface area contributed by atoms with Crippen molar-refractivity contribution in [2.24, 2.45) is 0 Å². The summed E-state index contributed by atoms with van der Waals surface area (Å²) in [5, 5.41) is 11.5. The number of nitrogens with zero attached hydrogens (tertiary/aromatic N) is 2. The number of nitrogens with one attached hydrogen (secondary N) is 1. The first-order chi connectivity index (χ1) is 8.56. The van der Waals surface area contributed by atoms with Gasteiger partial charge >= 0.3 is 0 Å². The molecule has 0 fully saturated rings. The first-order valence-corrected chi connectivity index (χ1v) is 5.60. The van der Waals surface area contributed by atoms with Crippen molar-refractivity contribution in [2.45, 2.75) is 13.0 Å². The predicted octanol–water partition coefficient (Wildman–Crippen LogP) is 1.48. The lowest BCUT2D eigenvalue weighted by molar-refractivity contribution is -0.117. The number of anilines is 1. The average Bonchev–Trinajstić information content (AvgIpc) is 2.37. The number of nitriles is 1. The van der Waals surface area contributed by atoms with Crippen LogP contribution < -0.4 is 10.1 Å². The summed E-state index contributed by atoms with van der Waals surface area (Å²) in [6.45, 7) is 1.92. The van der Waals surface area contributed by atoms with Crippen LogP contribution in [0.25, 0.3) is 0 Å². The van der Waals surface area contributed by atoms with Gasteiger partial charge in [0.25, 0.3) is 0 Å². The number of carbonyl (C=O) groups excluding carboxylic acids is 1. The topological polar surface area (TPSA) is 65.4 Å². The molecule has 0 aromatic heterocycles. The van der Waals surface area contributed by atoms with E-state index in [1.165, 1.54) is 0 Å². The van der Waals surface area contributed by atoms with Gasteiger partial charge in [-0.25, -0.2) is 0 Å². The summed E-state index contributed by atoms with van der Waals surface area (Å²) in [5.41, 5.74) is 0.678. The second kappa shape index (κ2) is 6.62. The van der Waals surface area contributed by atoms with E-state index in [0.717, 1.165) is 0 Å². The molecule has 0 bridgehead atoms. The molecule has 1 rings (SSSR count). The van der Waals surface area contributed by atoms with Gasteiger partial charge in [0.05, 0.1) is 25.8 Å². The van der Waals surface area contributed by atoms with Crippen LogP contribution >= 0.6 is 0 Å². The number of hydrogen-bond acceptors (Lipinski definition) is 4. The molecule has 1 aromatic carbocycles. The van der Waals surface area contributed by atoms with E-state index < -0.39 is 0 Å². The Hall–Kier alpha value is -2.06. The van der Waals surface area contributed by atoms with Crippen LogP contribution in [0.5, 0.6) is 5.75 Å². The van der Waals surface area contributed by atoms with Crippen molar-refractivity contribution >= 4 is 11.6 Å². The van der Waals surface area contributed by atoms with E-state index in [9.17, 15) is 4.79 Å². The third-order valence-electron chi connectivity index (χ3n) is 2.59. The SMILES string of the molecule is COc1cccc(NC(=O)CN(C)C(C)C#N)c1. The van der Waals surface area contributed by atoms with E-state index in [4.69, 9.17) is 10.00 Å². The molecule has 0 radical (unpaired) electrons. The van der Waals surface area contributed by atoms with Gasteiger partial charge in [0.1, 0.15) is 5.75 Å². The molecule has 0 aliphatic rings. The van der Waals surface area contributed by atoms with E-state index in [1.807, 2.05) is 0 Å². The zero-order chi connectivity index (χ0) is 13.5. The minimum absolute atomic E-state index is 0.159. The lowest BCUT2D eigenvalue weighted by Crippen LogP contribution is -2.35. The third kappa shape index (κ3) is 4.07. The van der Waals surface area contributed by atoms with Crippen LogP contribution in [0.2, 0.25) is 0 Å². The number of benzene rings is 1. The number of carbonyl (C=O) groups is 1. The van der Waals surface area contributed by atoms with Crippen molar-refractivity contribution in [3.8, 4) is 11.8 Å². The Balaban J connectivity index is 2.57. The molecule has 1 aromatic rings. The van der Waals surface area contributed by atoms with Crippen LogP contribution in [0.1, 0.15) is 6.92 Å². The van der Waals surface area contributed by atoms with E-state index in [-0.39, 0.29) is 18.5 Å². The number of hydrogen-bond donors (Lipinski definition) is 1. The number of likely N-dealkylation sites (N-methyl/N-ethyl adjacent to an activating group) is 1. The summed E-state index contributed by atoms with van der Waals surface area (Å²) >= 11 is 0. The monoisotopic (exact) mass is 247 g/mol. The summed E-state index contributed by atoms with van der Waals surface area (Å²) < 4.78 is 5.07. The minimum Gasteiger partial charge on any atom is -0.497 e. The van der Waals surface area contributed by atoms with E-state index in [1.54, 1.807) is 50.2 Å².